The van der Waals surface area contributed by atoms with Crippen LogP contribution in [0, 0.1) is 11.7 Å². The van der Waals surface area contributed by atoms with Crippen LogP contribution in [0.2, 0.25) is 5.02 Å². The first-order valence-corrected chi connectivity index (χ1v) is 11.1. The molecule has 4 rings (SSSR count). The smallest absolute Gasteiger partial charge is 0.246 e. The van der Waals surface area contributed by atoms with Crippen LogP contribution < -0.4 is 5.32 Å². The molecule has 6 nitrogen and oxygen atoms in total. The molecule has 2 fully saturated rings. The number of benzene rings is 2. The van der Waals surface area contributed by atoms with Crippen molar-refractivity contribution in [3.63, 3.8) is 0 Å². The maximum atomic E-state index is 14.3. The maximum Gasteiger partial charge on any atom is 0.246 e. The lowest BCUT2D eigenvalue weighted by Crippen LogP contribution is -2.40. The van der Waals surface area contributed by atoms with Crippen LogP contribution in [0.5, 0.6) is 0 Å². The third kappa shape index (κ3) is 4.30. The Morgan fingerprint density at radius 2 is 1.83 bits per heavy atom. The number of morpholine rings is 1. The van der Waals surface area contributed by atoms with Crippen molar-refractivity contribution in [1.82, 2.24) is 4.31 Å². The number of nitrogens with zero attached hydrogens (tertiary/aromatic N) is 1. The van der Waals surface area contributed by atoms with E-state index in [1.807, 2.05) is 12.1 Å². The van der Waals surface area contributed by atoms with E-state index in [4.69, 9.17) is 16.3 Å². The molecule has 2 aromatic rings. The summed E-state index contributed by atoms with van der Waals surface area (Å²) in [6, 6.07) is 11.0. The van der Waals surface area contributed by atoms with Crippen molar-refractivity contribution >= 4 is 33.2 Å². The minimum absolute atomic E-state index is 0.101. The van der Waals surface area contributed by atoms with Crippen LogP contribution in [0.15, 0.2) is 47.4 Å². The van der Waals surface area contributed by atoms with Crippen molar-refractivity contribution in [2.24, 2.45) is 5.92 Å². The highest BCUT2D eigenvalue weighted by Gasteiger charge is 2.44. The first-order chi connectivity index (χ1) is 13.9. The number of carbonyl (C=O) groups excluding carboxylic acids is 1. The van der Waals surface area contributed by atoms with Gasteiger partial charge in [-0.2, -0.15) is 4.31 Å². The number of amides is 1. The normalized spacial score (nSPS) is 22.3. The van der Waals surface area contributed by atoms with Crippen LogP contribution in [-0.2, 0) is 19.6 Å². The van der Waals surface area contributed by atoms with Gasteiger partial charge in [0.05, 0.1) is 13.2 Å². The van der Waals surface area contributed by atoms with Crippen LogP contribution in [-0.4, -0.2) is 44.9 Å². The minimum Gasteiger partial charge on any atom is -0.379 e. The molecular formula is C20H20ClFN2O4S. The first kappa shape index (κ1) is 20.3. The molecule has 1 aliphatic heterocycles. The van der Waals surface area contributed by atoms with E-state index in [1.165, 1.54) is 16.4 Å². The molecule has 1 aliphatic carbocycles. The Balaban J connectivity index is 1.48. The largest absolute Gasteiger partial charge is 0.379 e. The number of anilines is 1. The lowest BCUT2D eigenvalue weighted by Gasteiger charge is -2.26. The molecular weight excluding hydrogens is 419 g/mol. The molecule has 0 radical (unpaired) electrons. The van der Waals surface area contributed by atoms with E-state index in [9.17, 15) is 17.6 Å². The predicted molar refractivity (Wildman–Crippen MR) is 107 cm³/mol. The number of hydrogen-bond acceptors (Lipinski definition) is 4. The first-order valence-electron chi connectivity index (χ1n) is 9.30. The van der Waals surface area contributed by atoms with E-state index < -0.39 is 20.7 Å². The summed E-state index contributed by atoms with van der Waals surface area (Å²) >= 11 is 5.89. The minimum atomic E-state index is -4.00. The van der Waals surface area contributed by atoms with Crippen molar-refractivity contribution in [3.8, 4) is 0 Å². The number of rotatable bonds is 5. The van der Waals surface area contributed by atoms with Gasteiger partial charge in [0.1, 0.15) is 10.7 Å². The van der Waals surface area contributed by atoms with Gasteiger partial charge in [-0.3, -0.25) is 4.79 Å². The van der Waals surface area contributed by atoms with E-state index in [-0.39, 0.29) is 49.7 Å². The summed E-state index contributed by atoms with van der Waals surface area (Å²) in [4.78, 5) is 12.1. The lowest BCUT2D eigenvalue weighted by atomic mass is 10.1. The molecule has 1 heterocycles. The van der Waals surface area contributed by atoms with E-state index in [0.717, 1.165) is 11.6 Å². The van der Waals surface area contributed by atoms with Crippen LogP contribution in [0.4, 0.5) is 10.1 Å². The zero-order valence-electron chi connectivity index (χ0n) is 15.5. The van der Waals surface area contributed by atoms with E-state index in [1.54, 1.807) is 12.1 Å². The molecule has 29 heavy (non-hydrogen) atoms. The molecule has 0 spiro atoms. The van der Waals surface area contributed by atoms with Crippen LogP contribution in [0.1, 0.15) is 17.9 Å². The molecule has 1 saturated heterocycles. The summed E-state index contributed by atoms with van der Waals surface area (Å²) in [5.74, 6) is -1.17. The number of ether oxygens (including phenoxy) is 1. The Kier molecular flexibility index (Phi) is 5.61. The Morgan fingerprint density at radius 1 is 1.14 bits per heavy atom. The summed E-state index contributed by atoms with van der Waals surface area (Å²) in [6.07, 6.45) is 0.702. The molecule has 154 valence electrons. The highest BCUT2D eigenvalue weighted by Crippen LogP contribution is 2.48. The van der Waals surface area contributed by atoms with Crippen LogP contribution in [0.3, 0.4) is 0 Å². The van der Waals surface area contributed by atoms with Gasteiger partial charge >= 0.3 is 0 Å². The average molecular weight is 439 g/mol. The summed E-state index contributed by atoms with van der Waals surface area (Å²) in [7, 11) is -4.00. The summed E-state index contributed by atoms with van der Waals surface area (Å²) in [6.45, 7) is 0.877. The quantitative estimate of drug-likeness (QED) is 0.777. The topological polar surface area (TPSA) is 75.7 Å². The fourth-order valence-electron chi connectivity index (χ4n) is 3.50. The van der Waals surface area contributed by atoms with Gasteiger partial charge in [-0.1, -0.05) is 23.7 Å². The van der Waals surface area contributed by atoms with E-state index >= 15 is 0 Å². The zero-order chi connectivity index (χ0) is 20.6. The van der Waals surface area contributed by atoms with Crippen molar-refractivity contribution in [1.29, 1.82) is 0 Å². The summed E-state index contributed by atoms with van der Waals surface area (Å²) in [5, 5.41) is 3.35. The second-order valence-electron chi connectivity index (χ2n) is 7.15. The molecule has 2 aliphatic rings. The molecule has 2 aromatic carbocycles. The number of nitrogens with one attached hydrogen (secondary N) is 1. The Bertz CT molecular complexity index is 1020. The highest BCUT2D eigenvalue weighted by atomic mass is 35.5. The number of carbonyl (C=O) groups is 1. The fraction of sp³-hybridized carbons (Fsp3) is 0.350. The predicted octanol–water partition coefficient (Wildman–Crippen LogP) is 3.24. The highest BCUT2D eigenvalue weighted by molar-refractivity contribution is 7.89. The molecule has 2 atom stereocenters. The van der Waals surface area contributed by atoms with Crippen molar-refractivity contribution in [2.45, 2.75) is 17.2 Å². The SMILES string of the molecule is O=C(Nc1ccc(F)c(S(=O)(=O)N2CCOCC2)c1)C1CC1c1ccc(Cl)cc1. The maximum absolute atomic E-state index is 14.3. The van der Waals surface area contributed by atoms with Gasteiger partial charge in [0.15, 0.2) is 0 Å². The number of sulfonamides is 1. The lowest BCUT2D eigenvalue weighted by molar-refractivity contribution is -0.117. The van der Waals surface area contributed by atoms with Gasteiger partial charge in [-0.25, -0.2) is 12.8 Å². The Labute approximate surface area is 173 Å². The Hall–Kier alpha value is -2.00. The molecule has 9 heteroatoms. The summed E-state index contributed by atoms with van der Waals surface area (Å²) in [5.41, 5.74) is 1.29. The molecule has 0 aromatic heterocycles. The van der Waals surface area contributed by atoms with Crippen molar-refractivity contribution in [2.75, 3.05) is 31.6 Å². The van der Waals surface area contributed by atoms with Gasteiger partial charge in [0.2, 0.25) is 15.9 Å². The standard InChI is InChI=1S/C20H20ClFN2O4S/c21-14-3-1-13(2-4-14)16-12-17(16)20(25)23-15-5-6-18(22)19(11-15)29(26,27)24-7-9-28-10-8-24/h1-6,11,16-17H,7-10,12H2,(H,23,25). The zero-order valence-corrected chi connectivity index (χ0v) is 17.0. The number of hydrogen-bond donors (Lipinski definition) is 1. The average Bonchev–Trinajstić information content (AvgIpc) is 3.51. The number of halogens is 2. The molecule has 2 unspecified atom stereocenters. The molecule has 1 saturated carbocycles. The van der Waals surface area contributed by atoms with Crippen molar-refractivity contribution < 1.29 is 22.3 Å². The molecule has 0 bridgehead atoms. The Morgan fingerprint density at radius 3 is 2.52 bits per heavy atom. The van der Waals surface area contributed by atoms with Crippen LogP contribution >= 0.6 is 11.6 Å². The van der Waals surface area contributed by atoms with Crippen molar-refractivity contribution in [3.05, 3.63) is 58.9 Å². The van der Waals surface area contributed by atoms with Gasteiger partial charge in [0.25, 0.3) is 0 Å². The monoisotopic (exact) mass is 438 g/mol. The fourth-order valence-corrected chi connectivity index (χ4v) is 5.13. The van der Waals surface area contributed by atoms with Crippen LogP contribution in [0.25, 0.3) is 0 Å². The van der Waals surface area contributed by atoms with Gasteiger partial charge in [0, 0.05) is 29.7 Å². The third-order valence-corrected chi connectivity index (χ3v) is 7.38. The second-order valence-corrected chi connectivity index (χ2v) is 9.49. The molecule has 1 N–H and O–H groups in total. The second kappa shape index (κ2) is 8.02. The van der Waals surface area contributed by atoms with E-state index in [2.05, 4.69) is 5.32 Å². The van der Waals surface area contributed by atoms with Gasteiger partial charge in [-0.15, -0.1) is 0 Å². The van der Waals surface area contributed by atoms with Gasteiger partial charge in [-0.05, 0) is 48.2 Å². The summed E-state index contributed by atoms with van der Waals surface area (Å²) < 4.78 is 46.2. The van der Waals surface area contributed by atoms with E-state index in [0.29, 0.717) is 11.4 Å². The third-order valence-electron chi connectivity index (χ3n) is 5.21. The van der Waals surface area contributed by atoms with Gasteiger partial charge < -0.3 is 10.1 Å². The molecule has 1 amide bonds.